The van der Waals surface area contributed by atoms with Crippen LogP contribution in [-0.2, 0) is 6.54 Å². The minimum atomic E-state index is 0.773. The fourth-order valence-corrected chi connectivity index (χ4v) is 3.47. The first kappa shape index (κ1) is 14.5. The largest absolute Gasteiger partial charge is 0.346 e. The topological polar surface area (TPSA) is 15.6 Å². The molecule has 108 valence electrons. The van der Waals surface area contributed by atoms with Gasteiger partial charge in [-0.15, -0.1) is 0 Å². The number of rotatable bonds is 3. The Morgan fingerprint density at radius 3 is 2.76 bits per heavy atom. The minimum absolute atomic E-state index is 0.773. The van der Waals surface area contributed by atoms with Crippen molar-refractivity contribution in [2.75, 3.05) is 12.3 Å². The van der Waals surface area contributed by atoms with E-state index in [9.17, 15) is 0 Å². The molecule has 0 saturated carbocycles. The Morgan fingerprint density at radius 1 is 1.14 bits per heavy atom. The summed E-state index contributed by atoms with van der Waals surface area (Å²) >= 11 is 7.99. The average Bonchev–Trinajstić information content (AvgIpc) is 2.92. The molecule has 0 N–H and O–H groups in total. The Balaban J connectivity index is 1.83. The molecular formula is C17H17ClN2S. The zero-order chi connectivity index (χ0) is 14.7. The Kier molecular flexibility index (Phi) is 4.51. The Labute approximate surface area is 134 Å². The van der Waals surface area contributed by atoms with Crippen molar-refractivity contribution in [1.82, 2.24) is 4.90 Å². The third-order valence-electron chi connectivity index (χ3n) is 3.53. The number of hydrogen-bond donors (Lipinski definition) is 0. The predicted molar refractivity (Wildman–Crippen MR) is 92.6 cm³/mol. The smallest absolute Gasteiger partial charge is 0.164 e. The molecule has 1 aliphatic heterocycles. The fraction of sp³-hybridized carbons (Fsp3) is 0.235. The van der Waals surface area contributed by atoms with Gasteiger partial charge in [0.05, 0.1) is 5.69 Å². The highest BCUT2D eigenvalue weighted by Gasteiger charge is 2.20. The highest BCUT2D eigenvalue weighted by molar-refractivity contribution is 8.14. The number of thioether (sulfide) groups is 1. The van der Waals surface area contributed by atoms with Crippen LogP contribution in [-0.4, -0.2) is 22.4 Å². The maximum absolute atomic E-state index is 6.18. The molecule has 0 atom stereocenters. The van der Waals surface area contributed by atoms with Crippen LogP contribution in [0.2, 0.25) is 5.02 Å². The van der Waals surface area contributed by atoms with Gasteiger partial charge in [-0.05, 0) is 30.2 Å². The van der Waals surface area contributed by atoms with E-state index >= 15 is 0 Å². The summed E-state index contributed by atoms with van der Waals surface area (Å²) in [6, 6.07) is 16.4. The Hall–Kier alpha value is -1.45. The summed E-state index contributed by atoms with van der Waals surface area (Å²) in [6.45, 7) is 3.97. The summed E-state index contributed by atoms with van der Waals surface area (Å²) in [5.41, 5.74) is 3.32. The molecule has 4 heteroatoms. The monoisotopic (exact) mass is 316 g/mol. The van der Waals surface area contributed by atoms with E-state index in [0.29, 0.717) is 0 Å². The number of aliphatic imine (C=N–C) groups is 1. The van der Waals surface area contributed by atoms with Crippen molar-refractivity contribution < 1.29 is 0 Å². The van der Waals surface area contributed by atoms with Crippen LogP contribution in [0.15, 0.2) is 53.5 Å². The van der Waals surface area contributed by atoms with Crippen LogP contribution >= 0.6 is 23.4 Å². The molecule has 1 aliphatic rings. The normalized spacial score (nSPS) is 16.7. The molecule has 2 aromatic rings. The first-order chi connectivity index (χ1) is 10.2. The van der Waals surface area contributed by atoms with Crippen LogP contribution < -0.4 is 0 Å². The second-order valence-corrected chi connectivity index (χ2v) is 6.50. The SMILES string of the molecule is Cc1c(Cl)cccc1N=C1SCCN1Cc1ccccc1. The number of halogens is 1. The van der Waals surface area contributed by atoms with E-state index in [1.807, 2.05) is 43.0 Å². The standard InChI is InChI=1S/C17H17ClN2S/c1-13-15(18)8-5-9-16(13)19-17-20(10-11-21-17)12-14-6-3-2-4-7-14/h2-9H,10-12H2,1H3. The third-order valence-corrected chi connectivity index (χ3v) is 4.94. The summed E-state index contributed by atoms with van der Waals surface area (Å²) in [5.74, 6) is 1.09. The minimum Gasteiger partial charge on any atom is -0.346 e. The van der Waals surface area contributed by atoms with Crippen molar-refractivity contribution in [3.63, 3.8) is 0 Å². The second-order valence-electron chi connectivity index (χ2n) is 5.03. The number of benzene rings is 2. The summed E-state index contributed by atoms with van der Waals surface area (Å²) in [4.78, 5) is 7.15. The number of hydrogen-bond acceptors (Lipinski definition) is 2. The van der Waals surface area contributed by atoms with Crippen LogP contribution in [0, 0.1) is 6.92 Å². The van der Waals surface area contributed by atoms with E-state index in [-0.39, 0.29) is 0 Å². The summed E-state index contributed by atoms with van der Waals surface area (Å²) in [5, 5.41) is 1.86. The van der Waals surface area contributed by atoms with E-state index in [1.165, 1.54) is 5.56 Å². The summed E-state index contributed by atoms with van der Waals surface area (Å²) in [6.07, 6.45) is 0. The van der Waals surface area contributed by atoms with Gasteiger partial charge in [-0.1, -0.05) is 59.8 Å². The van der Waals surface area contributed by atoms with Gasteiger partial charge in [0.15, 0.2) is 5.17 Å². The van der Waals surface area contributed by atoms with Gasteiger partial charge in [-0.25, -0.2) is 4.99 Å². The average molecular weight is 317 g/mol. The zero-order valence-corrected chi connectivity index (χ0v) is 13.5. The molecule has 0 aromatic heterocycles. The Bertz CT molecular complexity index is 655. The molecule has 0 aliphatic carbocycles. The molecule has 0 spiro atoms. The van der Waals surface area contributed by atoms with Crippen LogP contribution in [0.1, 0.15) is 11.1 Å². The van der Waals surface area contributed by atoms with E-state index in [1.54, 1.807) is 0 Å². The lowest BCUT2D eigenvalue weighted by molar-refractivity contribution is 0.457. The molecule has 0 radical (unpaired) electrons. The van der Waals surface area contributed by atoms with E-state index in [2.05, 4.69) is 29.2 Å². The second kappa shape index (κ2) is 6.54. The van der Waals surface area contributed by atoms with Crippen LogP contribution in [0.4, 0.5) is 5.69 Å². The molecule has 1 fully saturated rings. The van der Waals surface area contributed by atoms with Gasteiger partial charge in [0.2, 0.25) is 0 Å². The highest BCUT2D eigenvalue weighted by Crippen LogP contribution is 2.29. The molecule has 2 aromatic carbocycles. The van der Waals surface area contributed by atoms with E-state index < -0.39 is 0 Å². The summed E-state index contributed by atoms with van der Waals surface area (Å²) in [7, 11) is 0. The lowest BCUT2D eigenvalue weighted by Crippen LogP contribution is -2.23. The van der Waals surface area contributed by atoms with Crippen molar-refractivity contribution in [1.29, 1.82) is 0 Å². The predicted octanol–water partition coefficient (Wildman–Crippen LogP) is 4.88. The van der Waals surface area contributed by atoms with Crippen molar-refractivity contribution in [3.8, 4) is 0 Å². The maximum atomic E-state index is 6.18. The first-order valence-electron chi connectivity index (χ1n) is 6.99. The van der Waals surface area contributed by atoms with Crippen molar-refractivity contribution in [2.24, 2.45) is 4.99 Å². The maximum Gasteiger partial charge on any atom is 0.164 e. The van der Waals surface area contributed by atoms with Gasteiger partial charge in [-0.3, -0.25) is 0 Å². The molecule has 2 nitrogen and oxygen atoms in total. The van der Waals surface area contributed by atoms with E-state index in [4.69, 9.17) is 16.6 Å². The van der Waals surface area contributed by atoms with Crippen LogP contribution in [0.5, 0.6) is 0 Å². The first-order valence-corrected chi connectivity index (χ1v) is 8.36. The molecule has 0 amide bonds. The zero-order valence-electron chi connectivity index (χ0n) is 11.9. The van der Waals surface area contributed by atoms with Gasteiger partial charge in [0.25, 0.3) is 0 Å². The third kappa shape index (κ3) is 3.42. The highest BCUT2D eigenvalue weighted by atomic mass is 35.5. The lowest BCUT2D eigenvalue weighted by atomic mass is 10.2. The van der Waals surface area contributed by atoms with Gasteiger partial charge in [-0.2, -0.15) is 0 Å². The number of nitrogens with zero attached hydrogens (tertiary/aromatic N) is 2. The fourth-order valence-electron chi connectivity index (χ4n) is 2.31. The molecule has 0 bridgehead atoms. The lowest BCUT2D eigenvalue weighted by Gasteiger charge is -2.18. The molecular weight excluding hydrogens is 300 g/mol. The van der Waals surface area contributed by atoms with E-state index in [0.717, 1.165) is 40.3 Å². The molecule has 21 heavy (non-hydrogen) atoms. The number of amidine groups is 1. The van der Waals surface area contributed by atoms with Crippen LogP contribution in [0.3, 0.4) is 0 Å². The van der Waals surface area contributed by atoms with Gasteiger partial charge >= 0.3 is 0 Å². The molecule has 3 rings (SSSR count). The molecule has 1 saturated heterocycles. The van der Waals surface area contributed by atoms with Crippen LogP contribution in [0.25, 0.3) is 0 Å². The van der Waals surface area contributed by atoms with Gasteiger partial charge in [0.1, 0.15) is 0 Å². The van der Waals surface area contributed by atoms with Crippen molar-refractivity contribution >= 4 is 34.2 Å². The molecule has 1 heterocycles. The molecule has 0 unspecified atom stereocenters. The van der Waals surface area contributed by atoms with Gasteiger partial charge < -0.3 is 4.90 Å². The quantitative estimate of drug-likeness (QED) is 0.801. The van der Waals surface area contributed by atoms with Crippen molar-refractivity contribution in [3.05, 3.63) is 64.7 Å². The van der Waals surface area contributed by atoms with Crippen molar-refractivity contribution in [2.45, 2.75) is 13.5 Å². The van der Waals surface area contributed by atoms with Gasteiger partial charge in [0, 0.05) is 23.9 Å². The Morgan fingerprint density at radius 2 is 1.95 bits per heavy atom. The summed E-state index contributed by atoms with van der Waals surface area (Å²) < 4.78 is 0.